The van der Waals surface area contributed by atoms with Gasteiger partial charge in [0.05, 0.1) is 11.7 Å². The molecule has 0 spiro atoms. The van der Waals surface area contributed by atoms with Crippen molar-refractivity contribution < 1.29 is 20.4 Å². The number of hydrogen-bond acceptors (Lipinski definition) is 4. The highest BCUT2D eigenvalue weighted by Gasteiger charge is 2.67. The Morgan fingerprint density at radius 1 is 0.969 bits per heavy atom. The molecule has 9 atom stereocenters. The highest BCUT2D eigenvalue weighted by Crippen LogP contribution is 2.67. The van der Waals surface area contributed by atoms with Gasteiger partial charge in [-0.3, -0.25) is 0 Å². The lowest BCUT2D eigenvalue weighted by Gasteiger charge is -2.60. The van der Waals surface area contributed by atoms with E-state index in [-0.39, 0.29) is 11.8 Å². The standard InChI is InChI=1S/C28H44O4/c1-17(2)18(3)7-8-19(4)21-11-14-27(31)23-15-24(30)28(32)16-20(29)9-12-26(28,6)22(23)10-13-25(21,27)5/h7-8,10,15,17-21,24,29-32H,9,11-14,16H2,1-6H3. The molecule has 4 rings (SSSR count). The summed E-state index contributed by atoms with van der Waals surface area (Å²) >= 11 is 0. The molecule has 4 aliphatic carbocycles. The molecule has 32 heavy (non-hydrogen) atoms. The average Bonchev–Trinajstić information content (AvgIpc) is 3.00. The maximum Gasteiger partial charge on any atom is 0.106 e. The van der Waals surface area contributed by atoms with Crippen LogP contribution in [-0.4, -0.2) is 43.8 Å². The Labute approximate surface area is 194 Å². The summed E-state index contributed by atoms with van der Waals surface area (Å²) in [5, 5.41) is 45.1. The molecule has 9 unspecified atom stereocenters. The van der Waals surface area contributed by atoms with E-state index in [9.17, 15) is 20.4 Å². The second kappa shape index (κ2) is 7.80. The normalized spacial score (nSPS) is 48.0. The van der Waals surface area contributed by atoms with E-state index in [0.717, 1.165) is 24.0 Å². The van der Waals surface area contributed by atoms with Crippen molar-refractivity contribution in [3.63, 3.8) is 0 Å². The summed E-state index contributed by atoms with van der Waals surface area (Å²) in [6, 6.07) is 0. The molecule has 0 aromatic rings. The maximum atomic E-state index is 12.2. The van der Waals surface area contributed by atoms with E-state index in [1.165, 1.54) is 0 Å². The van der Waals surface area contributed by atoms with E-state index >= 15 is 0 Å². The fraction of sp³-hybridized carbons (Fsp3) is 0.786. The molecule has 4 nitrogen and oxygen atoms in total. The molecule has 0 amide bonds. The van der Waals surface area contributed by atoms with Gasteiger partial charge >= 0.3 is 0 Å². The minimum absolute atomic E-state index is 0.167. The molecule has 0 aromatic carbocycles. The molecule has 2 saturated carbocycles. The van der Waals surface area contributed by atoms with E-state index in [4.69, 9.17) is 0 Å². The molecule has 0 saturated heterocycles. The third kappa shape index (κ3) is 3.16. The van der Waals surface area contributed by atoms with Crippen LogP contribution in [0.1, 0.15) is 80.1 Å². The zero-order chi connectivity index (χ0) is 23.7. The average molecular weight is 445 g/mol. The third-order valence-corrected chi connectivity index (χ3v) is 10.3. The van der Waals surface area contributed by atoms with Crippen molar-refractivity contribution in [2.45, 2.75) is 103 Å². The zero-order valence-electron chi connectivity index (χ0n) is 20.8. The van der Waals surface area contributed by atoms with Gasteiger partial charge in [-0.1, -0.05) is 59.8 Å². The van der Waals surface area contributed by atoms with Crippen LogP contribution in [0.4, 0.5) is 0 Å². The van der Waals surface area contributed by atoms with Crippen LogP contribution in [0.5, 0.6) is 0 Å². The molecule has 0 aromatic heterocycles. The van der Waals surface area contributed by atoms with Crippen LogP contribution in [-0.2, 0) is 0 Å². The van der Waals surface area contributed by atoms with Crippen LogP contribution >= 0.6 is 0 Å². The van der Waals surface area contributed by atoms with E-state index in [1.54, 1.807) is 6.08 Å². The summed E-state index contributed by atoms with van der Waals surface area (Å²) < 4.78 is 0. The smallest absolute Gasteiger partial charge is 0.106 e. The molecule has 4 aliphatic rings. The molecule has 180 valence electrons. The monoisotopic (exact) mass is 444 g/mol. The lowest BCUT2D eigenvalue weighted by atomic mass is 9.48. The van der Waals surface area contributed by atoms with Gasteiger partial charge in [0.1, 0.15) is 11.7 Å². The van der Waals surface area contributed by atoms with Gasteiger partial charge in [-0.05, 0) is 73.0 Å². The van der Waals surface area contributed by atoms with Gasteiger partial charge in [-0.2, -0.15) is 0 Å². The SMILES string of the molecule is CC(C)C(C)C=CC(C)C1CCC2(O)C3=CC(O)C4(O)CC(O)CCC4(C)C3=CCC12C. The Morgan fingerprint density at radius 2 is 1.66 bits per heavy atom. The van der Waals surface area contributed by atoms with Crippen molar-refractivity contribution >= 4 is 0 Å². The second-order valence-electron chi connectivity index (χ2n) is 12.3. The first-order valence-corrected chi connectivity index (χ1v) is 12.7. The van der Waals surface area contributed by atoms with Crippen molar-refractivity contribution in [2.24, 2.45) is 34.5 Å². The van der Waals surface area contributed by atoms with Crippen molar-refractivity contribution in [1.82, 2.24) is 0 Å². The Hall–Kier alpha value is -0.940. The summed E-state index contributed by atoms with van der Waals surface area (Å²) in [6.45, 7) is 13.3. The lowest BCUT2D eigenvalue weighted by Crippen LogP contribution is -2.64. The summed E-state index contributed by atoms with van der Waals surface area (Å²) in [5.74, 6) is 1.84. The quantitative estimate of drug-likeness (QED) is 0.480. The molecule has 0 aliphatic heterocycles. The second-order valence-corrected chi connectivity index (χ2v) is 12.3. The van der Waals surface area contributed by atoms with Crippen LogP contribution < -0.4 is 0 Å². The van der Waals surface area contributed by atoms with Gasteiger partial charge in [0.15, 0.2) is 0 Å². The molecular weight excluding hydrogens is 400 g/mol. The Bertz CT molecular complexity index is 842. The van der Waals surface area contributed by atoms with E-state index < -0.39 is 28.8 Å². The third-order valence-electron chi connectivity index (χ3n) is 10.3. The van der Waals surface area contributed by atoms with E-state index in [2.05, 4.69) is 52.8 Å². The van der Waals surface area contributed by atoms with Crippen LogP contribution in [0, 0.1) is 34.5 Å². The minimum Gasteiger partial charge on any atom is -0.393 e. The summed E-state index contributed by atoms with van der Waals surface area (Å²) in [5.41, 5.74) is -1.55. The van der Waals surface area contributed by atoms with Crippen molar-refractivity contribution in [3.05, 3.63) is 35.5 Å². The number of aliphatic hydroxyl groups is 4. The number of rotatable bonds is 4. The minimum atomic E-state index is -1.40. The van der Waals surface area contributed by atoms with Crippen LogP contribution in [0.25, 0.3) is 0 Å². The number of hydrogen-bond donors (Lipinski definition) is 4. The van der Waals surface area contributed by atoms with Gasteiger partial charge in [0.25, 0.3) is 0 Å². The lowest BCUT2D eigenvalue weighted by molar-refractivity contribution is -0.176. The highest BCUT2D eigenvalue weighted by atomic mass is 16.3. The fourth-order valence-electron chi connectivity index (χ4n) is 7.45. The van der Waals surface area contributed by atoms with Gasteiger partial charge in [-0.15, -0.1) is 0 Å². The van der Waals surface area contributed by atoms with Gasteiger partial charge in [-0.25, -0.2) is 0 Å². The number of allylic oxidation sites excluding steroid dienone is 3. The fourth-order valence-corrected chi connectivity index (χ4v) is 7.45. The first-order chi connectivity index (χ1) is 14.8. The van der Waals surface area contributed by atoms with Gasteiger partial charge < -0.3 is 20.4 Å². The first-order valence-electron chi connectivity index (χ1n) is 12.7. The molecule has 0 bridgehead atoms. The van der Waals surface area contributed by atoms with Gasteiger partial charge in [0, 0.05) is 17.3 Å². The molecule has 4 heteroatoms. The summed E-state index contributed by atoms with van der Waals surface area (Å²) in [4.78, 5) is 0. The topological polar surface area (TPSA) is 80.9 Å². The predicted octanol–water partition coefficient (Wildman–Crippen LogP) is 4.53. The van der Waals surface area contributed by atoms with Crippen LogP contribution in [0.15, 0.2) is 35.5 Å². The van der Waals surface area contributed by atoms with Crippen molar-refractivity contribution in [3.8, 4) is 0 Å². The first kappa shape index (κ1) is 24.2. The predicted molar refractivity (Wildman–Crippen MR) is 128 cm³/mol. The van der Waals surface area contributed by atoms with Gasteiger partial charge in [0.2, 0.25) is 0 Å². The van der Waals surface area contributed by atoms with Crippen LogP contribution in [0.3, 0.4) is 0 Å². The molecular formula is C28H44O4. The Morgan fingerprint density at radius 3 is 2.31 bits per heavy atom. The van der Waals surface area contributed by atoms with Crippen molar-refractivity contribution in [2.75, 3.05) is 0 Å². The summed E-state index contributed by atoms with van der Waals surface area (Å²) in [6.07, 6.45) is 10.7. The van der Waals surface area contributed by atoms with Crippen LogP contribution in [0.2, 0.25) is 0 Å². The Balaban J connectivity index is 1.71. The molecule has 4 N–H and O–H groups in total. The largest absolute Gasteiger partial charge is 0.393 e. The summed E-state index contributed by atoms with van der Waals surface area (Å²) in [7, 11) is 0. The zero-order valence-corrected chi connectivity index (χ0v) is 20.8. The molecule has 0 radical (unpaired) electrons. The number of aliphatic hydroxyl groups excluding tert-OH is 2. The Kier molecular flexibility index (Phi) is 5.89. The van der Waals surface area contributed by atoms with Crippen molar-refractivity contribution in [1.29, 1.82) is 0 Å². The highest BCUT2D eigenvalue weighted by molar-refractivity contribution is 5.54. The molecule has 0 heterocycles. The number of fused-ring (bicyclic) bond motifs is 5. The maximum absolute atomic E-state index is 12.2. The molecule has 2 fully saturated rings. The van der Waals surface area contributed by atoms with E-state index in [0.29, 0.717) is 42.9 Å². The van der Waals surface area contributed by atoms with E-state index in [1.807, 2.05) is 6.92 Å².